The van der Waals surface area contributed by atoms with Gasteiger partial charge in [0.05, 0.1) is 32.2 Å². The second-order valence-corrected chi connectivity index (χ2v) is 7.54. The highest BCUT2D eigenvalue weighted by Crippen LogP contribution is 2.27. The summed E-state index contributed by atoms with van der Waals surface area (Å²) in [7, 11) is 1.35. The van der Waals surface area contributed by atoms with Crippen molar-refractivity contribution in [1.29, 1.82) is 0 Å². The van der Waals surface area contributed by atoms with Gasteiger partial charge in [0.1, 0.15) is 18.1 Å². The predicted octanol–water partition coefficient (Wildman–Crippen LogP) is 3.18. The Morgan fingerprint density at radius 3 is 2.47 bits per heavy atom. The van der Waals surface area contributed by atoms with Crippen LogP contribution in [0.4, 0.5) is 5.69 Å². The van der Waals surface area contributed by atoms with Crippen LogP contribution in [0, 0.1) is 5.92 Å². The molecule has 1 aliphatic rings. The molecule has 1 unspecified atom stereocenters. The molecule has 8 nitrogen and oxygen atoms in total. The largest absolute Gasteiger partial charge is 0.493 e. The Morgan fingerprint density at radius 1 is 1.06 bits per heavy atom. The van der Waals surface area contributed by atoms with E-state index in [1.807, 2.05) is 35.0 Å². The zero-order valence-electron chi connectivity index (χ0n) is 17.8. The van der Waals surface area contributed by atoms with Crippen LogP contribution >= 0.6 is 0 Å². The van der Waals surface area contributed by atoms with E-state index in [-0.39, 0.29) is 17.8 Å². The summed E-state index contributed by atoms with van der Waals surface area (Å²) in [6.45, 7) is 2.28. The van der Waals surface area contributed by atoms with E-state index < -0.39 is 0 Å². The molecular weight excluding hydrogens is 410 g/mol. The number of hydrogen-bond acceptors (Lipinski definition) is 6. The maximum atomic E-state index is 12.5. The number of carbonyl (C=O) groups excluding carboxylic acids is 2. The van der Waals surface area contributed by atoms with Gasteiger partial charge in [-0.25, -0.2) is 9.78 Å². The summed E-state index contributed by atoms with van der Waals surface area (Å²) in [5, 5.41) is 0. The third-order valence-electron chi connectivity index (χ3n) is 5.29. The lowest BCUT2D eigenvalue weighted by Gasteiger charge is -2.17. The molecule has 0 bridgehead atoms. The lowest BCUT2D eigenvalue weighted by Crippen LogP contribution is -2.25. The number of rotatable bonds is 9. The average Bonchev–Trinajstić information content (AvgIpc) is 3.47. The van der Waals surface area contributed by atoms with E-state index >= 15 is 0 Å². The highest BCUT2D eigenvalue weighted by molar-refractivity contribution is 5.95. The minimum absolute atomic E-state index is 0.0772. The van der Waals surface area contributed by atoms with Crippen LogP contribution in [-0.2, 0) is 16.1 Å². The minimum Gasteiger partial charge on any atom is -0.493 e. The van der Waals surface area contributed by atoms with Crippen LogP contribution < -0.4 is 14.4 Å². The fraction of sp³-hybridized carbons (Fsp3) is 0.292. The number of anilines is 1. The number of nitrogens with zero attached hydrogens (tertiary/aromatic N) is 3. The van der Waals surface area contributed by atoms with Gasteiger partial charge in [-0.05, 0) is 48.5 Å². The molecule has 1 aliphatic heterocycles. The molecule has 1 amide bonds. The summed E-state index contributed by atoms with van der Waals surface area (Å²) in [5.41, 5.74) is 1.32. The Labute approximate surface area is 186 Å². The first-order chi connectivity index (χ1) is 15.6. The van der Waals surface area contributed by atoms with Crippen molar-refractivity contribution in [2.45, 2.75) is 13.0 Å². The average molecular weight is 435 g/mol. The zero-order valence-corrected chi connectivity index (χ0v) is 17.8. The first kappa shape index (κ1) is 21.4. The highest BCUT2D eigenvalue weighted by Gasteiger charge is 2.31. The van der Waals surface area contributed by atoms with Crippen molar-refractivity contribution in [3.05, 3.63) is 72.8 Å². The van der Waals surface area contributed by atoms with E-state index in [0.717, 1.165) is 18.0 Å². The predicted molar refractivity (Wildman–Crippen MR) is 118 cm³/mol. The highest BCUT2D eigenvalue weighted by atomic mass is 16.5. The molecule has 3 aromatic rings. The van der Waals surface area contributed by atoms with E-state index in [9.17, 15) is 9.59 Å². The van der Waals surface area contributed by atoms with Gasteiger partial charge in [0, 0.05) is 37.0 Å². The van der Waals surface area contributed by atoms with Crippen molar-refractivity contribution in [2.24, 2.45) is 5.92 Å². The van der Waals surface area contributed by atoms with Gasteiger partial charge in [-0.3, -0.25) is 4.79 Å². The molecule has 8 heteroatoms. The molecule has 0 N–H and O–H groups in total. The maximum absolute atomic E-state index is 12.5. The summed E-state index contributed by atoms with van der Waals surface area (Å²) >= 11 is 0. The number of ether oxygens (including phenoxy) is 3. The van der Waals surface area contributed by atoms with Crippen LogP contribution in [0.15, 0.2) is 67.3 Å². The van der Waals surface area contributed by atoms with E-state index in [1.165, 1.54) is 7.11 Å². The number of amides is 1. The van der Waals surface area contributed by atoms with E-state index in [2.05, 4.69) is 4.98 Å². The first-order valence-electron chi connectivity index (χ1n) is 10.4. The van der Waals surface area contributed by atoms with Gasteiger partial charge >= 0.3 is 5.97 Å². The first-order valence-corrected chi connectivity index (χ1v) is 10.4. The van der Waals surface area contributed by atoms with Gasteiger partial charge in [-0.1, -0.05) is 0 Å². The second-order valence-electron chi connectivity index (χ2n) is 7.54. The number of aromatic nitrogens is 2. The summed E-state index contributed by atoms with van der Waals surface area (Å²) < 4.78 is 18.2. The summed E-state index contributed by atoms with van der Waals surface area (Å²) in [6, 6.07) is 14.3. The van der Waals surface area contributed by atoms with Gasteiger partial charge in [-0.2, -0.15) is 0 Å². The Bertz CT molecular complexity index is 1030. The van der Waals surface area contributed by atoms with E-state index in [1.54, 1.807) is 41.7 Å². The van der Waals surface area contributed by atoms with Crippen LogP contribution in [0.3, 0.4) is 0 Å². The molecule has 0 spiro atoms. The number of benzene rings is 2. The number of esters is 1. The standard InChI is InChI=1S/C24H25N3O5/c1-30-24(29)19-2-6-22(7-3-19)32-16-18-14-23(28)27(15-18)20-4-8-21(9-5-20)31-13-12-26-11-10-25-17-26/h2-11,17-18H,12-16H2,1H3. The fourth-order valence-corrected chi connectivity index (χ4v) is 3.57. The Balaban J connectivity index is 1.26. The van der Waals surface area contributed by atoms with Crippen LogP contribution in [0.25, 0.3) is 0 Å². The Kier molecular flexibility index (Phi) is 6.69. The van der Waals surface area contributed by atoms with Gasteiger partial charge in [-0.15, -0.1) is 0 Å². The zero-order chi connectivity index (χ0) is 22.3. The summed E-state index contributed by atoms with van der Waals surface area (Å²) in [5.74, 6) is 1.20. The Hall–Kier alpha value is -3.81. The van der Waals surface area contributed by atoms with E-state index in [0.29, 0.717) is 37.5 Å². The third-order valence-corrected chi connectivity index (χ3v) is 5.29. The lowest BCUT2D eigenvalue weighted by molar-refractivity contribution is -0.117. The monoisotopic (exact) mass is 435 g/mol. The van der Waals surface area contributed by atoms with Gasteiger partial charge in [0.15, 0.2) is 0 Å². The molecule has 0 saturated carbocycles. The van der Waals surface area contributed by atoms with Crippen molar-refractivity contribution >= 4 is 17.6 Å². The smallest absolute Gasteiger partial charge is 0.337 e. The second kappa shape index (κ2) is 10.00. The quantitative estimate of drug-likeness (QED) is 0.480. The summed E-state index contributed by atoms with van der Waals surface area (Å²) in [4.78, 5) is 29.8. The number of hydrogen-bond donors (Lipinski definition) is 0. The molecule has 2 aromatic carbocycles. The lowest BCUT2D eigenvalue weighted by atomic mass is 10.1. The molecule has 0 radical (unpaired) electrons. The molecule has 1 saturated heterocycles. The SMILES string of the molecule is COC(=O)c1ccc(OCC2CC(=O)N(c3ccc(OCCn4ccnc4)cc3)C2)cc1. The molecule has 2 heterocycles. The van der Waals surface area contributed by atoms with Crippen LogP contribution in [-0.4, -0.2) is 48.3 Å². The van der Waals surface area contributed by atoms with Crippen LogP contribution in [0.5, 0.6) is 11.5 Å². The van der Waals surface area contributed by atoms with Crippen molar-refractivity contribution in [1.82, 2.24) is 9.55 Å². The normalized spacial score (nSPS) is 15.6. The number of carbonyl (C=O) groups is 2. The molecule has 0 aliphatic carbocycles. The topological polar surface area (TPSA) is 82.9 Å². The van der Waals surface area contributed by atoms with Crippen molar-refractivity contribution in [3.8, 4) is 11.5 Å². The maximum Gasteiger partial charge on any atom is 0.337 e. The van der Waals surface area contributed by atoms with Gasteiger partial charge in [0.2, 0.25) is 5.91 Å². The van der Waals surface area contributed by atoms with Crippen molar-refractivity contribution in [2.75, 3.05) is 31.8 Å². The van der Waals surface area contributed by atoms with Gasteiger partial charge < -0.3 is 23.7 Å². The van der Waals surface area contributed by atoms with Gasteiger partial charge in [0.25, 0.3) is 0 Å². The fourth-order valence-electron chi connectivity index (χ4n) is 3.57. The van der Waals surface area contributed by atoms with Crippen LogP contribution in [0.2, 0.25) is 0 Å². The third kappa shape index (κ3) is 5.26. The molecular formula is C24H25N3O5. The van der Waals surface area contributed by atoms with Crippen molar-refractivity contribution < 1.29 is 23.8 Å². The number of methoxy groups -OCH3 is 1. The summed E-state index contributed by atoms with van der Waals surface area (Å²) in [6.07, 6.45) is 5.82. The minimum atomic E-state index is -0.386. The van der Waals surface area contributed by atoms with E-state index in [4.69, 9.17) is 14.2 Å². The molecule has 1 aromatic heterocycles. The van der Waals surface area contributed by atoms with Crippen LogP contribution in [0.1, 0.15) is 16.8 Å². The molecule has 32 heavy (non-hydrogen) atoms. The number of imidazole rings is 1. The Morgan fingerprint density at radius 2 is 1.78 bits per heavy atom. The molecule has 166 valence electrons. The molecule has 1 fully saturated rings. The van der Waals surface area contributed by atoms with Crippen molar-refractivity contribution in [3.63, 3.8) is 0 Å². The molecule has 1 atom stereocenters. The molecule has 4 rings (SSSR count).